The largest absolute Gasteiger partial charge is 0.404 e. The predicted molar refractivity (Wildman–Crippen MR) is 142 cm³/mol. The number of benzene rings is 2. The van der Waals surface area contributed by atoms with Crippen molar-refractivity contribution in [2.24, 2.45) is 11.8 Å². The van der Waals surface area contributed by atoms with Crippen molar-refractivity contribution in [1.29, 1.82) is 0 Å². The van der Waals surface area contributed by atoms with Gasteiger partial charge in [-0.15, -0.1) is 0 Å². The van der Waals surface area contributed by atoms with Crippen LogP contribution in [-0.2, 0) is 13.9 Å². The van der Waals surface area contributed by atoms with Gasteiger partial charge in [0.1, 0.15) is 0 Å². The number of aliphatic hydroxyl groups is 1. The molecule has 2 aromatic rings. The summed E-state index contributed by atoms with van der Waals surface area (Å²) in [6, 6.07) is 21.5. The Morgan fingerprint density at radius 2 is 1.46 bits per heavy atom. The zero-order valence-corrected chi connectivity index (χ0v) is 22.5. The summed E-state index contributed by atoms with van der Waals surface area (Å²) < 4.78 is 19.1. The normalized spacial score (nSPS) is 29.5. The van der Waals surface area contributed by atoms with Crippen molar-refractivity contribution in [2.75, 3.05) is 14.2 Å². The molecule has 1 saturated carbocycles. The SMILES string of the molecule is COC1(OC)[C@H]2C=C[C@H]1C[C@@]2(O)C1=CC[C@H](O[Si](c2ccccc2)(c2ccccc2)C(C)(C)C)C1. The van der Waals surface area contributed by atoms with Gasteiger partial charge in [-0.25, -0.2) is 0 Å². The van der Waals surface area contributed by atoms with Crippen molar-refractivity contribution in [3.05, 3.63) is 84.5 Å². The zero-order valence-electron chi connectivity index (χ0n) is 21.5. The second kappa shape index (κ2) is 8.82. The van der Waals surface area contributed by atoms with Crippen molar-refractivity contribution >= 4 is 18.7 Å². The third-order valence-electron chi connectivity index (χ3n) is 8.56. The molecule has 0 saturated heterocycles. The molecule has 0 heterocycles. The predicted octanol–water partition coefficient (Wildman–Crippen LogP) is 4.58. The fourth-order valence-electron chi connectivity index (χ4n) is 6.95. The van der Waals surface area contributed by atoms with Gasteiger partial charge in [0.05, 0.1) is 17.6 Å². The molecule has 2 aromatic carbocycles. The maximum absolute atomic E-state index is 12.0. The van der Waals surface area contributed by atoms with Crippen LogP contribution in [0, 0.1) is 11.8 Å². The highest BCUT2D eigenvalue weighted by Gasteiger charge is 2.66. The molecule has 0 aromatic heterocycles. The van der Waals surface area contributed by atoms with Gasteiger partial charge in [0, 0.05) is 20.1 Å². The lowest BCUT2D eigenvalue weighted by Gasteiger charge is -2.45. The van der Waals surface area contributed by atoms with Crippen LogP contribution in [0.3, 0.4) is 0 Å². The molecule has 35 heavy (non-hydrogen) atoms. The topological polar surface area (TPSA) is 47.9 Å². The number of fused-ring (bicyclic) bond motifs is 2. The fourth-order valence-corrected chi connectivity index (χ4v) is 11.6. The highest BCUT2D eigenvalue weighted by Crippen LogP contribution is 2.59. The van der Waals surface area contributed by atoms with Crippen LogP contribution in [-0.4, -0.2) is 45.1 Å². The molecule has 3 aliphatic rings. The molecule has 1 N–H and O–H groups in total. The van der Waals surface area contributed by atoms with E-state index < -0.39 is 19.7 Å². The summed E-state index contributed by atoms with van der Waals surface area (Å²) in [5.41, 5.74) is 0.102. The van der Waals surface area contributed by atoms with E-state index in [0.717, 1.165) is 18.4 Å². The number of methoxy groups -OCH3 is 2. The Labute approximate surface area is 210 Å². The molecule has 3 aliphatic carbocycles. The summed E-state index contributed by atoms with van der Waals surface area (Å²) >= 11 is 0. The first-order chi connectivity index (χ1) is 16.7. The Morgan fingerprint density at radius 1 is 0.886 bits per heavy atom. The highest BCUT2D eigenvalue weighted by atomic mass is 28.4. The standard InChI is InChI=1S/C30H38O4Si/c1-28(2,3)35(25-12-8-6-9-13-25,26-14-10-7-11-15-26)34-24-18-16-22(20-24)29(31)21-23-17-19-27(29)30(23,32-4)33-5/h6-17,19,23-24,27,31H,18,20-21H2,1-5H3/t23-,24-,27-,29+/m0/s1. The molecule has 186 valence electrons. The van der Waals surface area contributed by atoms with Gasteiger partial charge < -0.3 is 19.0 Å². The lowest BCUT2D eigenvalue weighted by atomic mass is 9.80. The van der Waals surface area contributed by atoms with Gasteiger partial charge in [-0.1, -0.05) is 99.7 Å². The van der Waals surface area contributed by atoms with Crippen LogP contribution in [0.5, 0.6) is 0 Å². The molecule has 4 atom stereocenters. The van der Waals surface area contributed by atoms with Crippen LogP contribution in [0.2, 0.25) is 5.04 Å². The summed E-state index contributed by atoms with van der Waals surface area (Å²) in [5, 5.41) is 14.5. The van der Waals surface area contributed by atoms with Gasteiger partial charge in [0.25, 0.3) is 8.32 Å². The molecule has 0 amide bonds. The molecule has 1 fully saturated rings. The second-order valence-corrected chi connectivity index (χ2v) is 15.6. The Kier molecular flexibility index (Phi) is 6.22. The van der Waals surface area contributed by atoms with E-state index in [9.17, 15) is 5.11 Å². The van der Waals surface area contributed by atoms with Gasteiger partial charge in [-0.3, -0.25) is 0 Å². The van der Waals surface area contributed by atoms with E-state index in [1.54, 1.807) is 14.2 Å². The van der Waals surface area contributed by atoms with Gasteiger partial charge in [-0.2, -0.15) is 0 Å². The van der Waals surface area contributed by atoms with E-state index in [-0.39, 0.29) is 23.0 Å². The first-order valence-corrected chi connectivity index (χ1v) is 14.6. The van der Waals surface area contributed by atoms with Crippen LogP contribution < -0.4 is 10.4 Å². The number of ether oxygens (including phenoxy) is 2. The van der Waals surface area contributed by atoms with Crippen LogP contribution in [0.1, 0.15) is 40.0 Å². The quantitative estimate of drug-likeness (QED) is 0.351. The Hall–Kier alpha value is -2.02. The molecule has 0 aliphatic heterocycles. The van der Waals surface area contributed by atoms with E-state index >= 15 is 0 Å². The van der Waals surface area contributed by atoms with Crippen molar-refractivity contribution in [1.82, 2.24) is 0 Å². The summed E-state index contributed by atoms with van der Waals surface area (Å²) in [6.07, 6.45) is 8.59. The first kappa shape index (κ1) is 24.7. The molecule has 0 spiro atoms. The van der Waals surface area contributed by atoms with Gasteiger partial charge in [-0.05, 0) is 40.2 Å². The minimum atomic E-state index is -2.64. The summed E-state index contributed by atoms with van der Waals surface area (Å²) in [4.78, 5) is 0. The summed E-state index contributed by atoms with van der Waals surface area (Å²) in [6.45, 7) is 6.92. The smallest absolute Gasteiger partial charge is 0.261 e. The van der Waals surface area contributed by atoms with E-state index in [4.69, 9.17) is 13.9 Å². The molecule has 0 unspecified atom stereocenters. The maximum Gasteiger partial charge on any atom is 0.261 e. The zero-order chi connectivity index (χ0) is 24.9. The minimum Gasteiger partial charge on any atom is -0.404 e. The van der Waals surface area contributed by atoms with Crippen molar-refractivity contribution in [2.45, 2.75) is 62.6 Å². The maximum atomic E-state index is 12.0. The number of rotatable bonds is 7. The molecule has 5 heteroatoms. The molecule has 2 bridgehead atoms. The fraction of sp³-hybridized carbons (Fsp3) is 0.467. The van der Waals surface area contributed by atoms with Gasteiger partial charge in [0.15, 0.2) is 5.79 Å². The van der Waals surface area contributed by atoms with Crippen molar-refractivity contribution < 1.29 is 19.0 Å². The van der Waals surface area contributed by atoms with E-state index in [1.165, 1.54) is 10.4 Å². The van der Waals surface area contributed by atoms with Gasteiger partial charge in [0.2, 0.25) is 0 Å². The lowest BCUT2D eigenvalue weighted by Crippen LogP contribution is -2.67. The van der Waals surface area contributed by atoms with E-state index in [2.05, 4.69) is 99.7 Å². The molecular formula is C30H38O4Si. The van der Waals surface area contributed by atoms with Crippen molar-refractivity contribution in [3.8, 4) is 0 Å². The average Bonchev–Trinajstić information content (AvgIpc) is 3.54. The summed E-state index contributed by atoms with van der Waals surface area (Å²) in [5.74, 6) is -0.954. The third kappa shape index (κ3) is 3.63. The number of hydrogen-bond acceptors (Lipinski definition) is 4. The Bertz CT molecular complexity index is 1060. The van der Waals surface area contributed by atoms with E-state index in [0.29, 0.717) is 6.42 Å². The average molecular weight is 491 g/mol. The second-order valence-electron chi connectivity index (χ2n) is 11.3. The molecular weight excluding hydrogens is 452 g/mol. The summed E-state index contributed by atoms with van der Waals surface area (Å²) in [7, 11) is 0.717. The first-order valence-electron chi connectivity index (χ1n) is 12.7. The Morgan fingerprint density at radius 3 is 1.94 bits per heavy atom. The Balaban J connectivity index is 1.47. The van der Waals surface area contributed by atoms with Crippen LogP contribution >= 0.6 is 0 Å². The molecule has 4 nitrogen and oxygen atoms in total. The van der Waals surface area contributed by atoms with Crippen LogP contribution in [0.15, 0.2) is 84.5 Å². The molecule has 5 rings (SSSR count). The van der Waals surface area contributed by atoms with Crippen LogP contribution in [0.25, 0.3) is 0 Å². The third-order valence-corrected chi connectivity index (χ3v) is 13.7. The molecule has 0 radical (unpaired) electrons. The minimum absolute atomic E-state index is 0.0166. The number of hydrogen-bond donors (Lipinski definition) is 1. The highest BCUT2D eigenvalue weighted by molar-refractivity contribution is 6.99. The van der Waals surface area contributed by atoms with E-state index in [1.807, 2.05) is 0 Å². The van der Waals surface area contributed by atoms with Crippen molar-refractivity contribution in [3.63, 3.8) is 0 Å². The lowest BCUT2D eigenvalue weighted by molar-refractivity contribution is -0.238. The monoisotopic (exact) mass is 490 g/mol. The van der Waals surface area contributed by atoms with Gasteiger partial charge >= 0.3 is 0 Å². The van der Waals surface area contributed by atoms with Crippen LogP contribution in [0.4, 0.5) is 0 Å².